The number of nitrogens with one attached hydrogen (secondary N) is 1. The molecule has 0 saturated heterocycles. The minimum Gasteiger partial charge on any atom is -0.478 e. The summed E-state index contributed by atoms with van der Waals surface area (Å²) in [4.78, 5) is 24.5. The summed E-state index contributed by atoms with van der Waals surface area (Å²) in [6.07, 6.45) is 2.63. The van der Waals surface area contributed by atoms with Crippen LogP contribution in [0.2, 0.25) is 0 Å². The Bertz CT molecular complexity index is 698. The highest BCUT2D eigenvalue weighted by molar-refractivity contribution is 7.17. The molecular weight excluding hydrogens is 278 g/mol. The van der Waals surface area contributed by atoms with Gasteiger partial charge in [0.2, 0.25) is 0 Å². The van der Waals surface area contributed by atoms with Gasteiger partial charge in [-0.3, -0.25) is 4.79 Å². The lowest BCUT2D eigenvalue weighted by Gasteiger charge is -2.03. The van der Waals surface area contributed by atoms with E-state index in [0.29, 0.717) is 10.8 Å². The second-order valence-corrected chi connectivity index (χ2v) is 5.84. The smallest absolute Gasteiger partial charge is 0.339 e. The van der Waals surface area contributed by atoms with Crippen LogP contribution in [0.1, 0.15) is 43.5 Å². The van der Waals surface area contributed by atoms with Crippen molar-refractivity contribution in [3.8, 4) is 0 Å². The lowest BCUT2D eigenvalue weighted by Crippen LogP contribution is -2.13. The van der Waals surface area contributed by atoms with Gasteiger partial charge in [0.05, 0.1) is 5.56 Å². The number of carboxylic acids is 1. The summed E-state index contributed by atoms with van der Waals surface area (Å²) in [6, 6.07) is 3.27. The maximum Gasteiger partial charge on any atom is 0.339 e. The molecule has 2 heterocycles. The van der Waals surface area contributed by atoms with Crippen LogP contribution in [0.3, 0.4) is 0 Å². The van der Waals surface area contributed by atoms with Gasteiger partial charge >= 0.3 is 5.97 Å². The third kappa shape index (κ3) is 2.12. The molecular formula is C14H13NO4S. The Morgan fingerprint density at radius 1 is 1.35 bits per heavy atom. The van der Waals surface area contributed by atoms with Gasteiger partial charge in [-0.1, -0.05) is 0 Å². The third-order valence-corrected chi connectivity index (χ3v) is 4.53. The number of carbonyl (C=O) groups is 2. The van der Waals surface area contributed by atoms with E-state index in [2.05, 4.69) is 5.32 Å². The van der Waals surface area contributed by atoms with E-state index in [0.717, 1.165) is 29.7 Å². The number of aromatic carboxylic acids is 1. The maximum atomic E-state index is 12.0. The summed E-state index contributed by atoms with van der Waals surface area (Å²) < 4.78 is 5.24. The van der Waals surface area contributed by atoms with Crippen molar-refractivity contribution in [3.63, 3.8) is 0 Å². The van der Waals surface area contributed by atoms with Crippen molar-refractivity contribution in [2.24, 2.45) is 0 Å². The molecule has 2 aromatic heterocycles. The van der Waals surface area contributed by atoms with Crippen molar-refractivity contribution < 1.29 is 19.1 Å². The average molecular weight is 291 g/mol. The van der Waals surface area contributed by atoms with Gasteiger partial charge in [-0.15, -0.1) is 11.3 Å². The summed E-state index contributed by atoms with van der Waals surface area (Å²) in [5.41, 5.74) is 1.10. The topological polar surface area (TPSA) is 79.5 Å². The third-order valence-electron chi connectivity index (χ3n) is 3.33. The highest BCUT2D eigenvalue weighted by atomic mass is 32.1. The second kappa shape index (κ2) is 4.79. The van der Waals surface area contributed by atoms with E-state index in [1.807, 2.05) is 0 Å². The molecule has 3 rings (SSSR count). The molecule has 2 aromatic rings. The van der Waals surface area contributed by atoms with E-state index in [4.69, 9.17) is 4.42 Å². The Morgan fingerprint density at radius 2 is 2.15 bits per heavy atom. The summed E-state index contributed by atoms with van der Waals surface area (Å²) >= 11 is 1.35. The van der Waals surface area contributed by atoms with E-state index in [1.165, 1.54) is 11.3 Å². The van der Waals surface area contributed by atoms with Crippen LogP contribution in [-0.2, 0) is 12.8 Å². The zero-order chi connectivity index (χ0) is 14.3. The number of hydrogen-bond donors (Lipinski definition) is 2. The lowest BCUT2D eigenvalue weighted by atomic mass is 10.1. The number of rotatable bonds is 3. The molecule has 0 aliphatic heterocycles. The van der Waals surface area contributed by atoms with Crippen LogP contribution in [0.4, 0.5) is 5.00 Å². The number of carbonyl (C=O) groups excluding carboxylic acids is 1. The first kappa shape index (κ1) is 12.9. The minimum absolute atomic E-state index is 0.187. The molecule has 5 nitrogen and oxygen atoms in total. The number of fused-ring (bicyclic) bond motifs is 1. The van der Waals surface area contributed by atoms with Crippen LogP contribution in [0.5, 0.6) is 0 Å². The van der Waals surface area contributed by atoms with Gasteiger partial charge in [0, 0.05) is 4.88 Å². The first-order valence-corrected chi connectivity index (χ1v) is 7.13. The standard InChI is InChI=1S/C14H13NO4S/c1-7-5-6-9(19-7)12(16)15-13-11(14(17)18)8-3-2-4-10(8)20-13/h5-6H,2-4H2,1H3,(H,15,16)(H,17,18). The summed E-state index contributed by atoms with van der Waals surface area (Å²) in [7, 11) is 0. The van der Waals surface area contributed by atoms with Gasteiger partial charge in [-0.05, 0) is 43.9 Å². The minimum atomic E-state index is -0.990. The molecule has 0 spiro atoms. The number of anilines is 1. The Labute approximate surface area is 119 Å². The van der Waals surface area contributed by atoms with Gasteiger partial charge in [-0.25, -0.2) is 4.79 Å². The van der Waals surface area contributed by atoms with Crippen LogP contribution in [0.25, 0.3) is 0 Å². The fourth-order valence-electron chi connectivity index (χ4n) is 2.44. The van der Waals surface area contributed by atoms with Gasteiger partial charge in [0.15, 0.2) is 5.76 Å². The summed E-state index contributed by atoms with van der Waals surface area (Å²) in [6.45, 7) is 1.75. The molecule has 1 aliphatic rings. The highest BCUT2D eigenvalue weighted by Gasteiger charge is 2.27. The van der Waals surface area contributed by atoms with Crippen molar-refractivity contribution in [1.29, 1.82) is 0 Å². The molecule has 0 saturated carbocycles. The zero-order valence-electron chi connectivity index (χ0n) is 10.9. The SMILES string of the molecule is Cc1ccc(C(=O)Nc2sc3c(c2C(=O)O)CCC3)o1. The monoisotopic (exact) mass is 291 g/mol. The Morgan fingerprint density at radius 3 is 2.80 bits per heavy atom. The second-order valence-electron chi connectivity index (χ2n) is 4.73. The highest BCUT2D eigenvalue weighted by Crippen LogP contribution is 2.39. The quantitative estimate of drug-likeness (QED) is 0.910. The lowest BCUT2D eigenvalue weighted by molar-refractivity contribution is 0.0697. The molecule has 0 radical (unpaired) electrons. The fourth-order valence-corrected chi connectivity index (χ4v) is 3.72. The van der Waals surface area contributed by atoms with Crippen molar-refractivity contribution >= 4 is 28.2 Å². The van der Waals surface area contributed by atoms with Crippen LogP contribution < -0.4 is 5.32 Å². The number of hydrogen-bond acceptors (Lipinski definition) is 4. The Balaban J connectivity index is 1.91. The molecule has 104 valence electrons. The number of thiophene rings is 1. The molecule has 2 N–H and O–H groups in total. The molecule has 1 amide bonds. The first-order valence-electron chi connectivity index (χ1n) is 6.32. The van der Waals surface area contributed by atoms with E-state index in [1.54, 1.807) is 19.1 Å². The van der Waals surface area contributed by atoms with Crippen molar-refractivity contribution in [2.45, 2.75) is 26.2 Å². The summed E-state index contributed by atoms with van der Waals surface area (Å²) in [5, 5.41) is 12.4. The number of amides is 1. The molecule has 6 heteroatoms. The normalized spacial score (nSPS) is 13.2. The molecule has 20 heavy (non-hydrogen) atoms. The predicted molar refractivity (Wildman–Crippen MR) is 74.7 cm³/mol. The van der Waals surface area contributed by atoms with Gasteiger partial charge in [-0.2, -0.15) is 0 Å². The first-order chi connectivity index (χ1) is 9.56. The van der Waals surface area contributed by atoms with E-state index >= 15 is 0 Å². The van der Waals surface area contributed by atoms with E-state index in [-0.39, 0.29) is 11.3 Å². The van der Waals surface area contributed by atoms with Crippen molar-refractivity contribution in [2.75, 3.05) is 5.32 Å². The molecule has 0 unspecified atom stereocenters. The Hall–Kier alpha value is -2.08. The van der Waals surface area contributed by atoms with Crippen LogP contribution in [-0.4, -0.2) is 17.0 Å². The van der Waals surface area contributed by atoms with Crippen LogP contribution in [0, 0.1) is 6.92 Å². The van der Waals surface area contributed by atoms with Crippen LogP contribution in [0.15, 0.2) is 16.5 Å². The van der Waals surface area contributed by atoms with E-state index in [9.17, 15) is 14.7 Å². The number of aryl methyl sites for hydroxylation is 2. The number of carboxylic acid groups (broad SMARTS) is 1. The molecule has 0 atom stereocenters. The van der Waals surface area contributed by atoms with Crippen molar-refractivity contribution in [3.05, 3.63) is 39.7 Å². The summed E-state index contributed by atoms with van der Waals surface area (Å²) in [5.74, 6) is -0.578. The fraction of sp³-hybridized carbons (Fsp3) is 0.286. The molecule has 0 aromatic carbocycles. The van der Waals surface area contributed by atoms with Crippen LogP contribution >= 0.6 is 11.3 Å². The van der Waals surface area contributed by atoms with Gasteiger partial charge < -0.3 is 14.8 Å². The number of furan rings is 1. The molecule has 1 aliphatic carbocycles. The average Bonchev–Trinajstić information content (AvgIpc) is 3.03. The largest absolute Gasteiger partial charge is 0.478 e. The molecule has 0 fully saturated rings. The van der Waals surface area contributed by atoms with Gasteiger partial charge in [0.1, 0.15) is 10.8 Å². The zero-order valence-corrected chi connectivity index (χ0v) is 11.7. The van der Waals surface area contributed by atoms with Crippen molar-refractivity contribution in [1.82, 2.24) is 0 Å². The maximum absolute atomic E-state index is 12.0. The molecule has 0 bridgehead atoms. The predicted octanol–water partition coefficient (Wildman–Crippen LogP) is 3.09. The van der Waals surface area contributed by atoms with E-state index < -0.39 is 11.9 Å². The van der Waals surface area contributed by atoms with Gasteiger partial charge in [0.25, 0.3) is 5.91 Å². The Kier molecular flexibility index (Phi) is 3.10.